The number of nitrogens with zero attached hydrogens (tertiary/aromatic N) is 2. The molecule has 0 aromatic rings. The molecule has 6 heteroatoms. The maximum absolute atomic E-state index is 11.7. The Morgan fingerprint density at radius 2 is 2.04 bits per heavy atom. The number of likely N-dealkylation sites (tertiary alicyclic amines) is 1. The number of carbonyl (C=O) groups is 1. The second-order valence-corrected chi connectivity index (χ2v) is 6.81. The number of ether oxygens (including phenoxy) is 1. The van der Waals surface area contributed by atoms with Gasteiger partial charge in [-0.25, -0.2) is 0 Å². The lowest BCUT2D eigenvalue weighted by Crippen LogP contribution is -2.45. The molecule has 0 spiro atoms. The second-order valence-electron chi connectivity index (χ2n) is 6.81. The summed E-state index contributed by atoms with van der Waals surface area (Å²) in [6, 6.07) is 0.296. The van der Waals surface area contributed by atoms with Crippen molar-refractivity contribution in [2.45, 2.75) is 70.4 Å². The van der Waals surface area contributed by atoms with E-state index in [4.69, 9.17) is 4.74 Å². The minimum Gasteiger partial charge on any atom is -0.378 e. The van der Waals surface area contributed by atoms with Gasteiger partial charge in [0.05, 0.1) is 6.10 Å². The molecule has 1 amide bonds. The predicted octanol–water partition coefficient (Wildman–Crippen LogP) is 1.90. The Balaban J connectivity index is 1.56. The molecule has 2 rings (SSSR count). The lowest BCUT2D eigenvalue weighted by atomic mass is 9.98. The first-order valence-electron chi connectivity index (χ1n) is 9.59. The summed E-state index contributed by atoms with van der Waals surface area (Å²) >= 11 is 0. The number of hydrogen-bond donors (Lipinski definition) is 2. The van der Waals surface area contributed by atoms with Gasteiger partial charge in [0.15, 0.2) is 5.96 Å². The summed E-state index contributed by atoms with van der Waals surface area (Å²) in [6.45, 7) is 5.21. The highest BCUT2D eigenvalue weighted by Gasteiger charge is 2.25. The van der Waals surface area contributed by atoms with Crippen LogP contribution in [0.15, 0.2) is 4.99 Å². The van der Waals surface area contributed by atoms with Crippen LogP contribution in [0.3, 0.4) is 0 Å². The van der Waals surface area contributed by atoms with Gasteiger partial charge >= 0.3 is 0 Å². The van der Waals surface area contributed by atoms with Crippen LogP contribution >= 0.6 is 0 Å². The van der Waals surface area contributed by atoms with E-state index >= 15 is 0 Å². The highest BCUT2D eigenvalue weighted by molar-refractivity contribution is 5.80. The maximum Gasteiger partial charge on any atom is 0.222 e. The Kier molecular flexibility index (Phi) is 8.36. The van der Waals surface area contributed by atoms with Gasteiger partial charge in [-0.05, 0) is 25.7 Å². The standard InChI is InChI=1S/C18H34N4O2/c1-3-17(23)22-12-10-15(14-22)21-18(19-2)20-11-7-13-24-16-8-5-4-6-9-16/h15-16H,3-14H2,1-2H3,(H2,19,20,21). The number of guanidine groups is 1. The normalized spacial score (nSPS) is 22.7. The van der Waals surface area contributed by atoms with Gasteiger partial charge in [-0.2, -0.15) is 0 Å². The molecule has 2 fully saturated rings. The van der Waals surface area contributed by atoms with E-state index in [0.29, 0.717) is 18.6 Å². The summed E-state index contributed by atoms with van der Waals surface area (Å²) in [5.74, 6) is 1.06. The fourth-order valence-electron chi connectivity index (χ4n) is 3.48. The van der Waals surface area contributed by atoms with E-state index < -0.39 is 0 Å². The number of amides is 1. The molecule has 1 aliphatic heterocycles. The first kappa shape index (κ1) is 19.0. The molecule has 1 saturated heterocycles. The van der Waals surface area contributed by atoms with Crippen LogP contribution in [0.2, 0.25) is 0 Å². The van der Waals surface area contributed by atoms with Crippen LogP contribution in [0.1, 0.15) is 58.3 Å². The monoisotopic (exact) mass is 338 g/mol. The topological polar surface area (TPSA) is 66.0 Å². The van der Waals surface area contributed by atoms with Crippen LogP contribution in [-0.2, 0) is 9.53 Å². The number of aliphatic imine (C=N–C) groups is 1. The minimum atomic E-state index is 0.238. The quantitative estimate of drug-likeness (QED) is 0.423. The van der Waals surface area contributed by atoms with E-state index in [1.54, 1.807) is 7.05 Å². The van der Waals surface area contributed by atoms with Crippen molar-refractivity contribution in [2.75, 3.05) is 33.3 Å². The van der Waals surface area contributed by atoms with E-state index in [2.05, 4.69) is 15.6 Å². The van der Waals surface area contributed by atoms with Gasteiger partial charge in [0.1, 0.15) is 0 Å². The summed E-state index contributed by atoms with van der Waals surface area (Å²) in [5.41, 5.74) is 0. The summed E-state index contributed by atoms with van der Waals surface area (Å²) < 4.78 is 5.94. The average molecular weight is 338 g/mol. The zero-order valence-corrected chi connectivity index (χ0v) is 15.4. The van der Waals surface area contributed by atoms with Gasteiger partial charge < -0.3 is 20.3 Å². The van der Waals surface area contributed by atoms with Crippen molar-refractivity contribution in [1.29, 1.82) is 0 Å². The summed E-state index contributed by atoms with van der Waals surface area (Å²) in [4.78, 5) is 17.9. The van der Waals surface area contributed by atoms with Crippen molar-refractivity contribution in [3.8, 4) is 0 Å². The first-order valence-corrected chi connectivity index (χ1v) is 9.59. The summed E-state index contributed by atoms with van der Waals surface area (Å²) in [6.07, 6.45) is 9.50. The van der Waals surface area contributed by atoms with Crippen LogP contribution < -0.4 is 10.6 Å². The van der Waals surface area contributed by atoms with E-state index in [0.717, 1.165) is 45.0 Å². The third-order valence-electron chi connectivity index (χ3n) is 4.93. The lowest BCUT2D eigenvalue weighted by Gasteiger charge is -2.22. The highest BCUT2D eigenvalue weighted by atomic mass is 16.5. The Morgan fingerprint density at radius 3 is 2.75 bits per heavy atom. The van der Waals surface area contributed by atoms with Gasteiger partial charge in [0, 0.05) is 45.8 Å². The largest absolute Gasteiger partial charge is 0.378 e. The van der Waals surface area contributed by atoms with Crippen LogP contribution in [-0.4, -0.2) is 62.2 Å². The fourth-order valence-corrected chi connectivity index (χ4v) is 3.48. The Hall–Kier alpha value is -1.30. The van der Waals surface area contributed by atoms with E-state index in [1.807, 2.05) is 11.8 Å². The third-order valence-corrected chi connectivity index (χ3v) is 4.93. The number of rotatable bonds is 7. The molecule has 1 aliphatic carbocycles. The maximum atomic E-state index is 11.7. The number of carbonyl (C=O) groups excluding carboxylic acids is 1. The minimum absolute atomic E-state index is 0.238. The second kappa shape index (κ2) is 10.5. The Labute approximate surface area is 146 Å². The Morgan fingerprint density at radius 1 is 1.25 bits per heavy atom. The smallest absolute Gasteiger partial charge is 0.222 e. The van der Waals surface area contributed by atoms with Crippen LogP contribution in [0.25, 0.3) is 0 Å². The Bertz CT molecular complexity index is 408. The van der Waals surface area contributed by atoms with Crippen LogP contribution in [0.4, 0.5) is 0 Å². The highest BCUT2D eigenvalue weighted by Crippen LogP contribution is 2.20. The van der Waals surface area contributed by atoms with Gasteiger partial charge in [0.2, 0.25) is 5.91 Å². The molecular weight excluding hydrogens is 304 g/mol. The number of hydrogen-bond acceptors (Lipinski definition) is 3. The molecule has 1 saturated carbocycles. The van der Waals surface area contributed by atoms with Crippen molar-refractivity contribution in [3.05, 3.63) is 0 Å². The van der Waals surface area contributed by atoms with Crippen molar-refractivity contribution in [1.82, 2.24) is 15.5 Å². The van der Waals surface area contributed by atoms with Crippen LogP contribution in [0.5, 0.6) is 0 Å². The molecule has 1 atom stereocenters. The third kappa shape index (κ3) is 6.30. The predicted molar refractivity (Wildman–Crippen MR) is 97.2 cm³/mol. The zero-order chi connectivity index (χ0) is 17.2. The van der Waals surface area contributed by atoms with Crippen molar-refractivity contribution in [3.63, 3.8) is 0 Å². The zero-order valence-electron chi connectivity index (χ0n) is 15.4. The molecule has 0 radical (unpaired) electrons. The molecule has 1 unspecified atom stereocenters. The molecule has 6 nitrogen and oxygen atoms in total. The molecule has 138 valence electrons. The van der Waals surface area contributed by atoms with Gasteiger partial charge in [0.25, 0.3) is 0 Å². The molecule has 2 N–H and O–H groups in total. The van der Waals surface area contributed by atoms with Gasteiger partial charge in [-0.3, -0.25) is 9.79 Å². The van der Waals surface area contributed by atoms with Crippen molar-refractivity contribution in [2.24, 2.45) is 4.99 Å². The molecule has 1 heterocycles. The fraction of sp³-hybridized carbons (Fsp3) is 0.889. The molecule has 0 aromatic heterocycles. The van der Waals surface area contributed by atoms with E-state index in [-0.39, 0.29) is 5.91 Å². The molecule has 0 aromatic carbocycles. The van der Waals surface area contributed by atoms with Gasteiger partial charge in [-0.1, -0.05) is 26.2 Å². The van der Waals surface area contributed by atoms with E-state index in [9.17, 15) is 4.79 Å². The average Bonchev–Trinajstić information content (AvgIpc) is 3.09. The molecule has 2 aliphatic rings. The molecule has 24 heavy (non-hydrogen) atoms. The molecular formula is C18H34N4O2. The molecule has 0 bridgehead atoms. The SMILES string of the molecule is CCC(=O)N1CCC(NC(=NC)NCCCOC2CCCCC2)C1. The van der Waals surface area contributed by atoms with Crippen molar-refractivity contribution >= 4 is 11.9 Å². The number of nitrogens with one attached hydrogen (secondary N) is 2. The van der Waals surface area contributed by atoms with Gasteiger partial charge in [-0.15, -0.1) is 0 Å². The van der Waals surface area contributed by atoms with Crippen molar-refractivity contribution < 1.29 is 9.53 Å². The van der Waals surface area contributed by atoms with Crippen LogP contribution in [0, 0.1) is 0 Å². The first-order chi connectivity index (χ1) is 11.7. The summed E-state index contributed by atoms with van der Waals surface area (Å²) in [7, 11) is 1.79. The summed E-state index contributed by atoms with van der Waals surface area (Å²) in [5, 5.41) is 6.77. The van der Waals surface area contributed by atoms with E-state index in [1.165, 1.54) is 32.1 Å². The lowest BCUT2D eigenvalue weighted by molar-refractivity contribution is -0.129.